The van der Waals surface area contributed by atoms with Crippen LogP contribution in [-0.2, 0) is 9.53 Å². The first-order valence-corrected chi connectivity index (χ1v) is 17.8. The minimum absolute atomic E-state index is 0.0238. The normalized spacial score (nSPS) is 25.7. The fourth-order valence-electron chi connectivity index (χ4n) is 8.38. The molecule has 50 heavy (non-hydrogen) atoms. The van der Waals surface area contributed by atoms with Crippen molar-refractivity contribution in [3.63, 3.8) is 0 Å². The van der Waals surface area contributed by atoms with Gasteiger partial charge in [0.2, 0.25) is 0 Å². The molecule has 1 amide bonds. The van der Waals surface area contributed by atoms with Gasteiger partial charge in [0.15, 0.2) is 0 Å². The van der Waals surface area contributed by atoms with E-state index in [9.17, 15) is 10.1 Å². The van der Waals surface area contributed by atoms with Gasteiger partial charge in [-0.3, -0.25) is 15.1 Å². The van der Waals surface area contributed by atoms with Gasteiger partial charge in [0.1, 0.15) is 23.5 Å². The molecule has 2 aromatic rings. The van der Waals surface area contributed by atoms with Crippen LogP contribution in [0.5, 0.6) is 0 Å². The number of carbonyl (C=O) groups excluding carboxylic acids is 1. The topological polar surface area (TPSA) is 172 Å². The number of rotatable bonds is 10. The number of nitriles is 1. The number of fused-ring (bicyclic) bond motifs is 1. The van der Waals surface area contributed by atoms with E-state index in [1.54, 1.807) is 4.90 Å². The molecule has 13 heteroatoms. The first-order chi connectivity index (χ1) is 24.2. The molecule has 262 valence electrons. The van der Waals surface area contributed by atoms with Gasteiger partial charge in [-0.1, -0.05) is 23.7 Å². The number of piperidine rings is 1. The van der Waals surface area contributed by atoms with E-state index in [-0.39, 0.29) is 39.6 Å². The van der Waals surface area contributed by atoms with Crippen LogP contribution in [0.25, 0.3) is 0 Å². The fraction of sp³-hybridized carbons (Fsp3) is 0.486. The number of anilines is 2. The summed E-state index contributed by atoms with van der Waals surface area (Å²) in [6.45, 7) is 9.05. The number of likely N-dealkylation sites (tertiary alicyclic amines) is 1. The Balaban J connectivity index is 0.935. The third kappa shape index (κ3) is 6.45. The van der Waals surface area contributed by atoms with E-state index in [4.69, 9.17) is 33.2 Å². The van der Waals surface area contributed by atoms with Crippen molar-refractivity contribution < 1.29 is 9.53 Å². The maximum Gasteiger partial charge on any atom is 0.258 e. The Morgan fingerprint density at radius 1 is 1.14 bits per heavy atom. The zero-order chi connectivity index (χ0) is 35.0. The van der Waals surface area contributed by atoms with Crippen molar-refractivity contribution in [2.75, 3.05) is 62.7 Å². The lowest BCUT2D eigenvalue weighted by Gasteiger charge is -2.43. The molecule has 2 aliphatic carbocycles. The van der Waals surface area contributed by atoms with Crippen molar-refractivity contribution in [1.82, 2.24) is 9.80 Å². The molecule has 7 rings (SSSR count). The molecule has 12 nitrogen and oxygen atoms in total. The third-order valence-corrected chi connectivity index (χ3v) is 11.8. The van der Waals surface area contributed by atoms with Gasteiger partial charge in [-0.2, -0.15) is 5.26 Å². The molecule has 3 aliphatic heterocycles. The number of halogens is 1. The summed E-state index contributed by atoms with van der Waals surface area (Å²) < 4.78 is 5.35. The summed E-state index contributed by atoms with van der Waals surface area (Å²) in [5.41, 5.74) is 16.6. The van der Waals surface area contributed by atoms with Crippen molar-refractivity contribution in [2.24, 2.45) is 32.3 Å². The van der Waals surface area contributed by atoms with E-state index in [0.717, 1.165) is 82.5 Å². The second kappa shape index (κ2) is 13.7. The van der Waals surface area contributed by atoms with E-state index in [2.05, 4.69) is 55.4 Å². The number of nitrogens with zero attached hydrogens (tertiary/aromatic N) is 6. The summed E-state index contributed by atoms with van der Waals surface area (Å²) in [5, 5.41) is 20.9. The smallest absolute Gasteiger partial charge is 0.258 e. The molecule has 2 spiro atoms. The molecule has 2 unspecified atom stereocenters. The second-order valence-electron chi connectivity index (χ2n) is 14.3. The molecule has 3 heterocycles. The van der Waals surface area contributed by atoms with Crippen LogP contribution in [0.3, 0.4) is 0 Å². The third-order valence-electron chi connectivity index (χ3n) is 11.6. The Hall–Kier alpha value is -4.44. The summed E-state index contributed by atoms with van der Waals surface area (Å²) >= 11 is 5.82. The highest BCUT2D eigenvalue weighted by molar-refractivity contribution is 6.71. The molecular weight excluding hydrogens is 652 g/mol. The number of hydrogen-bond donors (Lipinski definition) is 4. The average Bonchev–Trinajstić information content (AvgIpc) is 4.02. The van der Waals surface area contributed by atoms with Crippen LogP contribution >= 0.6 is 11.6 Å². The molecule has 0 aromatic heterocycles. The summed E-state index contributed by atoms with van der Waals surface area (Å²) in [5.74, 6) is 0.258. The largest absolute Gasteiger partial charge is 0.404 e. The molecule has 6 N–H and O–H groups in total. The first-order valence-electron chi connectivity index (χ1n) is 17.5. The number of benzene rings is 2. The first kappa shape index (κ1) is 34.0. The number of amides is 1. The van der Waals surface area contributed by atoms with Gasteiger partial charge in [-0.15, -0.1) is 0 Å². The Morgan fingerprint density at radius 2 is 1.88 bits per heavy atom. The Labute approximate surface area is 298 Å². The summed E-state index contributed by atoms with van der Waals surface area (Å²) in [7, 11) is 0. The molecule has 3 atom stereocenters. The van der Waals surface area contributed by atoms with Gasteiger partial charge < -0.3 is 31.3 Å². The maximum absolute atomic E-state index is 13.0. The molecule has 0 radical (unpaired) electrons. The number of nitrogens with two attached hydrogens (primary N) is 2. The Kier molecular flexibility index (Phi) is 9.32. The molecule has 3 saturated heterocycles. The van der Waals surface area contributed by atoms with E-state index >= 15 is 0 Å². The maximum atomic E-state index is 13.0. The number of hydrogen-bond acceptors (Lipinski definition) is 9. The Morgan fingerprint density at radius 3 is 2.50 bits per heavy atom. The number of nitrogens with one attached hydrogen (secondary N) is 2. The van der Waals surface area contributed by atoms with E-state index in [0.29, 0.717) is 36.1 Å². The number of aliphatic imine (C=N–C) groups is 2. The zero-order valence-electron chi connectivity index (χ0n) is 28.4. The van der Waals surface area contributed by atoms with Crippen LogP contribution < -0.4 is 21.7 Å². The molecule has 5 fully saturated rings. The molecule has 5 aliphatic rings. The summed E-state index contributed by atoms with van der Waals surface area (Å²) in [6.07, 6.45) is 6.28. The zero-order valence-corrected chi connectivity index (χ0v) is 29.2. The van der Waals surface area contributed by atoms with E-state index < -0.39 is 0 Å². The predicted octanol–water partition coefficient (Wildman–Crippen LogP) is 3.82. The van der Waals surface area contributed by atoms with Crippen LogP contribution in [0.2, 0.25) is 0 Å². The van der Waals surface area contributed by atoms with E-state index in [1.165, 1.54) is 12.0 Å². The van der Waals surface area contributed by atoms with Crippen molar-refractivity contribution >= 4 is 46.2 Å². The lowest BCUT2D eigenvalue weighted by molar-refractivity contribution is -0.130. The van der Waals surface area contributed by atoms with Crippen LogP contribution in [0, 0.1) is 27.6 Å². The SMILES string of the molecule is CC(N=CN=C(N)c1ccc(C2C[C@@]23CCN(C(=O)C(=CN)C(=N)Cl)CC32CC2)c(C#N)c1)Nc1ccc(N2CCN(C3COC3)CC2)cc1. The van der Waals surface area contributed by atoms with Gasteiger partial charge in [0, 0.05) is 62.4 Å². The van der Waals surface area contributed by atoms with Gasteiger partial charge in [0.05, 0.1) is 36.5 Å². The molecule has 0 bridgehead atoms. The lowest BCUT2D eigenvalue weighted by atomic mass is 9.75. The van der Waals surface area contributed by atoms with Gasteiger partial charge in [0.25, 0.3) is 5.91 Å². The predicted molar refractivity (Wildman–Crippen MR) is 197 cm³/mol. The second-order valence-corrected chi connectivity index (χ2v) is 14.7. The monoisotopic (exact) mass is 696 g/mol. The number of amidine groups is 1. The van der Waals surface area contributed by atoms with Crippen molar-refractivity contribution in [3.8, 4) is 6.07 Å². The Bertz CT molecular complexity index is 1770. The van der Waals surface area contributed by atoms with Crippen LogP contribution in [0.1, 0.15) is 55.2 Å². The number of ether oxygens (including phenoxy) is 1. The summed E-state index contributed by atoms with van der Waals surface area (Å²) in [6, 6.07) is 17.2. The van der Waals surface area contributed by atoms with Crippen LogP contribution in [0.4, 0.5) is 11.4 Å². The lowest BCUT2D eigenvalue weighted by Crippen LogP contribution is -2.56. The minimum Gasteiger partial charge on any atom is -0.404 e. The highest BCUT2D eigenvalue weighted by Crippen LogP contribution is 2.79. The van der Waals surface area contributed by atoms with Crippen LogP contribution in [-0.4, -0.2) is 97.7 Å². The highest BCUT2D eigenvalue weighted by Gasteiger charge is 2.72. The van der Waals surface area contributed by atoms with Crippen LogP contribution in [0.15, 0.2) is 64.2 Å². The minimum atomic E-state index is -0.340. The molecule has 2 aromatic carbocycles. The quantitative estimate of drug-likeness (QED) is 0.165. The molecule has 2 saturated carbocycles. The van der Waals surface area contributed by atoms with Gasteiger partial charge >= 0.3 is 0 Å². The van der Waals surface area contributed by atoms with E-state index in [1.807, 2.05) is 25.1 Å². The fourth-order valence-corrected chi connectivity index (χ4v) is 8.52. The highest BCUT2D eigenvalue weighted by atomic mass is 35.5. The average molecular weight is 697 g/mol. The summed E-state index contributed by atoms with van der Waals surface area (Å²) in [4.78, 5) is 28.7. The van der Waals surface area contributed by atoms with Gasteiger partial charge in [-0.05, 0) is 85.3 Å². The number of carbonyl (C=O) groups is 1. The van der Waals surface area contributed by atoms with Crippen molar-refractivity contribution in [1.29, 1.82) is 10.7 Å². The number of piperazine rings is 1. The van der Waals surface area contributed by atoms with Crippen molar-refractivity contribution in [2.45, 2.75) is 50.7 Å². The van der Waals surface area contributed by atoms with Crippen molar-refractivity contribution in [3.05, 3.63) is 70.9 Å². The molecular formula is C37H45ClN10O2. The van der Waals surface area contributed by atoms with Gasteiger partial charge in [-0.25, -0.2) is 9.98 Å². The standard InChI is InChI=1S/C37H45ClN10O2/c1-24(45-27-3-5-28(6-4-27)46-12-14-47(15-13-46)29-20-50-21-29)43-23-44-34(42)25-2-7-30(26(16-25)18-39)32-17-37(32)10-11-48(22-36(37)8-9-36)35(49)31(19-40)33(38)41/h2-7,16,19,23-24,29,32,41,45H,8-15,17,20-22,40H2,1H3,(H2,42,43,44)/t24?,32?,37-/m0/s1.